The summed E-state index contributed by atoms with van der Waals surface area (Å²) in [5, 5.41) is 0. The summed E-state index contributed by atoms with van der Waals surface area (Å²) >= 11 is 0. The normalized spacial score (nSPS) is 31.0. The molecule has 2 unspecified atom stereocenters. The summed E-state index contributed by atoms with van der Waals surface area (Å²) < 4.78 is 28.2. The SMILES string of the molecule is COCC1O[C@@H](C)C(OC(C)=O)[C@@H](C)[C@H]1OCOCC[Si](C)(C)C. The summed E-state index contributed by atoms with van der Waals surface area (Å²) in [7, 11) is 0.530. The van der Waals surface area contributed by atoms with Crippen LogP contribution in [0.4, 0.5) is 0 Å². The molecule has 0 aliphatic carbocycles. The number of carbonyl (C=O) groups is 1. The molecule has 24 heavy (non-hydrogen) atoms. The Balaban J connectivity index is 2.58. The van der Waals surface area contributed by atoms with Crippen molar-refractivity contribution in [1.82, 2.24) is 0 Å². The zero-order valence-electron chi connectivity index (χ0n) is 16.2. The number of carbonyl (C=O) groups excluding carboxylic acids is 1. The van der Waals surface area contributed by atoms with Crippen LogP contribution in [0, 0.1) is 5.92 Å². The van der Waals surface area contributed by atoms with E-state index in [2.05, 4.69) is 19.6 Å². The van der Waals surface area contributed by atoms with Gasteiger partial charge in [0.15, 0.2) is 0 Å². The molecular weight excluding hydrogens is 328 g/mol. The first kappa shape index (κ1) is 21.6. The van der Waals surface area contributed by atoms with Crippen LogP contribution >= 0.6 is 0 Å². The summed E-state index contributed by atoms with van der Waals surface area (Å²) in [6.07, 6.45) is -0.968. The second kappa shape index (κ2) is 9.87. The lowest BCUT2D eigenvalue weighted by Crippen LogP contribution is -2.56. The summed E-state index contributed by atoms with van der Waals surface area (Å²) in [6, 6.07) is 1.10. The monoisotopic (exact) mass is 362 g/mol. The Bertz CT molecular complexity index is 384. The molecule has 142 valence electrons. The van der Waals surface area contributed by atoms with E-state index in [9.17, 15) is 4.79 Å². The molecular formula is C17H34O6Si. The molecule has 1 aliphatic rings. The van der Waals surface area contributed by atoms with Crippen molar-refractivity contribution < 1.29 is 28.5 Å². The highest BCUT2D eigenvalue weighted by Gasteiger charge is 2.44. The van der Waals surface area contributed by atoms with Gasteiger partial charge in [0.2, 0.25) is 0 Å². The van der Waals surface area contributed by atoms with Crippen LogP contribution in [-0.4, -0.2) is 65.6 Å². The molecule has 0 amide bonds. The Hall–Kier alpha value is -0.473. The molecule has 0 N–H and O–H groups in total. The maximum absolute atomic E-state index is 11.3. The Morgan fingerprint density at radius 2 is 1.83 bits per heavy atom. The Morgan fingerprint density at radius 3 is 2.38 bits per heavy atom. The molecule has 1 fully saturated rings. The third kappa shape index (κ3) is 7.19. The third-order valence-corrected chi connectivity index (χ3v) is 5.93. The average molecular weight is 363 g/mol. The lowest BCUT2D eigenvalue weighted by molar-refractivity contribution is -0.242. The van der Waals surface area contributed by atoms with Gasteiger partial charge in [-0.15, -0.1) is 0 Å². The van der Waals surface area contributed by atoms with Gasteiger partial charge in [0.1, 0.15) is 19.0 Å². The number of hydrogen-bond acceptors (Lipinski definition) is 6. The molecule has 0 aromatic rings. The molecule has 6 nitrogen and oxygen atoms in total. The van der Waals surface area contributed by atoms with Gasteiger partial charge in [-0.25, -0.2) is 0 Å². The van der Waals surface area contributed by atoms with E-state index in [1.165, 1.54) is 6.92 Å². The Morgan fingerprint density at radius 1 is 1.17 bits per heavy atom. The van der Waals surface area contributed by atoms with Gasteiger partial charge in [-0.05, 0) is 13.0 Å². The van der Waals surface area contributed by atoms with Gasteiger partial charge >= 0.3 is 5.97 Å². The fourth-order valence-electron chi connectivity index (χ4n) is 2.90. The minimum atomic E-state index is -1.11. The molecule has 1 rings (SSSR count). The number of rotatable bonds is 9. The second-order valence-corrected chi connectivity index (χ2v) is 13.4. The standard InChI is InChI=1S/C17H34O6Si/c1-12-16(23-14(3)18)13(2)22-15(10-19-4)17(12)21-11-20-8-9-24(5,6)7/h12-13,15-17H,8-11H2,1-7H3/t12-,13+,15?,16?,17-/m1/s1. The van der Waals surface area contributed by atoms with E-state index in [4.69, 9.17) is 23.7 Å². The molecule has 0 aromatic carbocycles. The quantitative estimate of drug-likeness (QED) is 0.272. The van der Waals surface area contributed by atoms with E-state index in [-0.39, 0.29) is 43.1 Å². The van der Waals surface area contributed by atoms with Crippen molar-refractivity contribution >= 4 is 14.0 Å². The van der Waals surface area contributed by atoms with Crippen LogP contribution in [0.25, 0.3) is 0 Å². The van der Waals surface area contributed by atoms with E-state index in [0.717, 1.165) is 6.04 Å². The van der Waals surface area contributed by atoms with Gasteiger partial charge < -0.3 is 23.7 Å². The zero-order chi connectivity index (χ0) is 18.3. The molecule has 0 aromatic heterocycles. The van der Waals surface area contributed by atoms with Crippen LogP contribution in [0.2, 0.25) is 25.7 Å². The first-order valence-corrected chi connectivity index (χ1v) is 12.4. The summed E-state index contributed by atoms with van der Waals surface area (Å²) in [5.41, 5.74) is 0. The molecule has 0 bridgehead atoms. The van der Waals surface area contributed by atoms with E-state index < -0.39 is 8.07 Å². The van der Waals surface area contributed by atoms with E-state index >= 15 is 0 Å². The van der Waals surface area contributed by atoms with Gasteiger partial charge in [0, 0.05) is 34.6 Å². The largest absolute Gasteiger partial charge is 0.459 e. The van der Waals surface area contributed by atoms with Crippen LogP contribution in [0.15, 0.2) is 0 Å². The van der Waals surface area contributed by atoms with E-state index in [1.807, 2.05) is 13.8 Å². The highest BCUT2D eigenvalue weighted by atomic mass is 28.3. The smallest absolute Gasteiger partial charge is 0.303 e. The minimum Gasteiger partial charge on any atom is -0.459 e. The van der Waals surface area contributed by atoms with Crippen LogP contribution in [0.5, 0.6) is 0 Å². The average Bonchev–Trinajstić information content (AvgIpc) is 2.45. The predicted molar refractivity (Wildman–Crippen MR) is 94.8 cm³/mol. The highest BCUT2D eigenvalue weighted by molar-refractivity contribution is 6.76. The van der Waals surface area contributed by atoms with E-state index in [1.54, 1.807) is 7.11 Å². The lowest BCUT2D eigenvalue weighted by Gasteiger charge is -2.43. The molecule has 1 saturated heterocycles. The molecule has 7 heteroatoms. The van der Waals surface area contributed by atoms with Crippen LogP contribution in [0.3, 0.4) is 0 Å². The summed E-state index contributed by atoms with van der Waals surface area (Å²) in [4.78, 5) is 11.3. The van der Waals surface area contributed by atoms with Crippen LogP contribution in [-0.2, 0) is 28.5 Å². The van der Waals surface area contributed by atoms with Crippen molar-refractivity contribution in [3.05, 3.63) is 0 Å². The number of ether oxygens (including phenoxy) is 5. The summed E-state index contributed by atoms with van der Waals surface area (Å²) in [6.45, 7) is 13.6. The highest BCUT2D eigenvalue weighted by Crippen LogP contribution is 2.30. The number of esters is 1. The molecule has 0 radical (unpaired) electrons. The first-order valence-electron chi connectivity index (χ1n) is 8.66. The molecule has 1 heterocycles. The van der Waals surface area contributed by atoms with Gasteiger partial charge in [-0.2, -0.15) is 0 Å². The topological polar surface area (TPSA) is 63.2 Å². The Labute approximate surface area is 147 Å². The summed E-state index contributed by atoms with van der Waals surface area (Å²) in [5.74, 6) is -0.309. The second-order valence-electron chi connectivity index (χ2n) is 7.74. The van der Waals surface area contributed by atoms with Crippen molar-refractivity contribution in [2.45, 2.75) is 70.9 Å². The minimum absolute atomic E-state index is 0.00149. The molecule has 5 atom stereocenters. The van der Waals surface area contributed by atoms with Crippen molar-refractivity contribution in [3.8, 4) is 0 Å². The lowest BCUT2D eigenvalue weighted by atomic mass is 9.88. The van der Waals surface area contributed by atoms with Gasteiger partial charge in [-0.3, -0.25) is 4.79 Å². The maximum Gasteiger partial charge on any atom is 0.303 e. The van der Waals surface area contributed by atoms with E-state index in [0.29, 0.717) is 13.2 Å². The maximum atomic E-state index is 11.3. The van der Waals surface area contributed by atoms with Gasteiger partial charge in [-0.1, -0.05) is 26.6 Å². The van der Waals surface area contributed by atoms with Gasteiger partial charge in [0.25, 0.3) is 0 Å². The molecule has 1 aliphatic heterocycles. The van der Waals surface area contributed by atoms with Crippen LogP contribution in [0.1, 0.15) is 20.8 Å². The van der Waals surface area contributed by atoms with Crippen molar-refractivity contribution in [2.75, 3.05) is 27.1 Å². The fraction of sp³-hybridized carbons (Fsp3) is 0.941. The van der Waals surface area contributed by atoms with Crippen LogP contribution < -0.4 is 0 Å². The fourth-order valence-corrected chi connectivity index (χ4v) is 3.66. The number of hydrogen-bond donors (Lipinski definition) is 0. The van der Waals surface area contributed by atoms with Crippen molar-refractivity contribution in [1.29, 1.82) is 0 Å². The predicted octanol–water partition coefficient (Wildman–Crippen LogP) is 2.69. The van der Waals surface area contributed by atoms with Crippen molar-refractivity contribution in [3.63, 3.8) is 0 Å². The Kier molecular flexibility index (Phi) is 8.87. The first-order chi connectivity index (χ1) is 11.2. The third-order valence-electron chi connectivity index (χ3n) is 4.23. The zero-order valence-corrected chi connectivity index (χ0v) is 17.2. The molecule has 0 saturated carbocycles. The number of methoxy groups -OCH3 is 1. The van der Waals surface area contributed by atoms with Crippen molar-refractivity contribution in [2.24, 2.45) is 5.92 Å². The molecule has 0 spiro atoms. The van der Waals surface area contributed by atoms with Gasteiger partial charge in [0.05, 0.1) is 18.8 Å².